The number of hydrogen-bond donors (Lipinski definition) is 1. The molecular weight excluding hydrogens is 210 g/mol. The van der Waals surface area contributed by atoms with Crippen LogP contribution in [0.3, 0.4) is 0 Å². The van der Waals surface area contributed by atoms with E-state index in [9.17, 15) is 0 Å². The molecule has 1 N–H and O–H groups in total. The van der Waals surface area contributed by atoms with E-state index in [0.717, 1.165) is 18.6 Å². The van der Waals surface area contributed by atoms with Crippen LogP contribution in [0.1, 0.15) is 59.8 Å². The molecule has 0 heterocycles. The molecular formula is C15H29NO. The van der Waals surface area contributed by atoms with Crippen LogP contribution in [0.15, 0.2) is 0 Å². The Morgan fingerprint density at radius 3 is 2.59 bits per heavy atom. The third-order valence-corrected chi connectivity index (χ3v) is 5.14. The summed E-state index contributed by atoms with van der Waals surface area (Å²) in [4.78, 5) is 0. The van der Waals surface area contributed by atoms with Crippen molar-refractivity contribution in [3.8, 4) is 0 Å². The highest BCUT2D eigenvalue weighted by atomic mass is 16.5. The van der Waals surface area contributed by atoms with Crippen molar-refractivity contribution in [3.05, 3.63) is 0 Å². The molecule has 0 bridgehead atoms. The number of hydrogen-bond acceptors (Lipinski definition) is 2. The summed E-state index contributed by atoms with van der Waals surface area (Å²) in [5, 5.41) is 3.91. The van der Waals surface area contributed by atoms with Gasteiger partial charge in [0.15, 0.2) is 0 Å². The predicted octanol–water partition coefficient (Wildman–Crippen LogP) is 3.36. The summed E-state index contributed by atoms with van der Waals surface area (Å²) < 4.78 is 5.80. The fourth-order valence-corrected chi connectivity index (χ4v) is 3.66. The third kappa shape index (κ3) is 2.53. The minimum Gasteiger partial charge on any atom is -0.378 e. The van der Waals surface area contributed by atoms with Crippen LogP contribution in [-0.4, -0.2) is 24.8 Å². The molecule has 2 nitrogen and oxygen atoms in total. The largest absolute Gasteiger partial charge is 0.378 e. The van der Waals surface area contributed by atoms with Crippen LogP contribution < -0.4 is 5.32 Å². The Morgan fingerprint density at radius 2 is 2.00 bits per heavy atom. The smallest absolute Gasteiger partial charge is 0.0655 e. The monoisotopic (exact) mass is 239 g/mol. The van der Waals surface area contributed by atoms with E-state index in [1.807, 2.05) is 0 Å². The lowest BCUT2D eigenvalue weighted by atomic mass is 9.64. The first kappa shape index (κ1) is 13.4. The molecule has 0 amide bonds. The predicted molar refractivity (Wildman–Crippen MR) is 72.2 cm³/mol. The van der Waals surface area contributed by atoms with Crippen LogP contribution in [0.25, 0.3) is 0 Å². The molecule has 2 fully saturated rings. The van der Waals surface area contributed by atoms with Crippen molar-refractivity contribution in [1.82, 2.24) is 5.32 Å². The van der Waals surface area contributed by atoms with E-state index >= 15 is 0 Å². The lowest BCUT2D eigenvalue weighted by Gasteiger charge is -2.53. The van der Waals surface area contributed by atoms with E-state index in [0.29, 0.717) is 17.6 Å². The van der Waals surface area contributed by atoms with Crippen molar-refractivity contribution in [2.45, 2.75) is 78.0 Å². The lowest BCUT2D eigenvalue weighted by molar-refractivity contribution is -0.117. The van der Waals surface area contributed by atoms with Crippen LogP contribution >= 0.6 is 0 Å². The quantitative estimate of drug-likeness (QED) is 0.794. The van der Waals surface area contributed by atoms with Gasteiger partial charge >= 0.3 is 0 Å². The maximum Gasteiger partial charge on any atom is 0.0655 e. The molecule has 4 unspecified atom stereocenters. The van der Waals surface area contributed by atoms with Gasteiger partial charge in [0.05, 0.1) is 6.10 Å². The molecule has 0 aromatic heterocycles. The number of ether oxygens (including phenoxy) is 1. The molecule has 2 aliphatic rings. The molecule has 0 aliphatic heterocycles. The minimum atomic E-state index is 0.316. The van der Waals surface area contributed by atoms with Gasteiger partial charge in [-0.3, -0.25) is 0 Å². The molecule has 0 aromatic carbocycles. The van der Waals surface area contributed by atoms with Crippen molar-refractivity contribution >= 4 is 0 Å². The molecule has 2 heteroatoms. The standard InChI is InChI=1S/C15H29NO/c1-5-11-8-7-9-12(11)16-13-10-14(17-6-2)15(13,3)4/h11-14,16H,5-10H2,1-4H3. The Bertz CT molecular complexity index is 251. The Kier molecular flexibility index (Phi) is 4.14. The highest BCUT2D eigenvalue weighted by Crippen LogP contribution is 2.44. The van der Waals surface area contributed by atoms with Crippen LogP contribution in [0.2, 0.25) is 0 Å². The van der Waals surface area contributed by atoms with Gasteiger partial charge in [-0.15, -0.1) is 0 Å². The summed E-state index contributed by atoms with van der Waals surface area (Å²) in [6.45, 7) is 9.98. The zero-order valence-electron chi connectivity index (χ0n) is 12.0. The van der Waals surface area contributed by atoms with E-state index in [2.05, 4.69) is 33.0 Å². The normalized spacial score (nSPS) is 40.2. The summed E-state index contributed by atoms with van der Waals surface area (Å²) >= 11 is 0. The number of rotatable bonds is 5. The SMILES string of the molecule is CCOC1CC(NC2CCCC2CC)C1(C)C. The Labute approximate surface area is 107 Å². The highest BCUT2D eigenvalue weighted by molar-refractivity contribution is 5.04. The molecule has 0 aromatic rings. The fourth-order valence-electron chi connectivity index (χ4n) is 3.66. The molecule has 17 heavy (non-hydrogen) atoms. The van der Waals surface area contributed by atoms with Crippen LogP contribution in [0.4, 0.5) is 0 Å². The van der Waals surface area contributed by atoms with Crippen molar-refractivity contribution in [3.63, 3.8) is 0 Å². The van der Waals surface area contributed by atoms with Gasteiger partial charge in [-0.2, -0.15) is 0 Å². The molecule has 4 atom stereocenters. The van der Waals surface area contributed by atoms with Crippen molar-refractivity contribution in [1.29, 1.82) is 0 Å². The van der Waals surface area contributed by atoms with E-state index in [-0.39, 0.29) is 0 Å². The summed E-state index contributed by atoms with van der Waals surface area (Å²) in [6, 6.07) is 1.43. The maximum atomic E-state index is 5.80. The first-order chi connectivity index (χ1) is 8.09. The average Bonchev–Trinajstić information content (AvgIpc) is 2.75. The first-order valence-electron chi connectivity index (χ1n) is 7.47. The van der Waals surface area contributed by atoms with Crippen LogP contribution in [-0.2, 0) is 4.74 Å². The molecule has 0 spiro atoms. The summed E-state index contributed by atoms with van der Waals surface area (Å²) in [5.74, 6) is 0.914. The Hall–Kier alpha value is -0.0800. The Balaban J connectivity index is 1.85. The Morgan fingerprint density at radius 1 is 1.24 bits per heavy atom. The average molecular weight is 239 g/mol. The zero-order valence-corrected chi connectivity index (χ0v) is 12.0. The van der Waals surface area contributed by atoms with Gasteiger partial charge in [0.25, 0.3) is 0 Å². The fraction of sp³-hybridized carbons (Fsp3) is 1.00. The van der Waals surface area contributed by atoms with E-state index in [4.69, 9.17) is 4.74 Å². The molecule has 0 radical (unpaired) electrons. The van der Waals surface area contributed by atoms with Gasteiger partial charge in [0.2, 0.25) is 0 Å². The van der Waals surface area contributed by atoms with Crippen molar-refractivity contribution < 1.29 is 4.74 Å². The second-order valence-electron chi connectivity index (χ2n) is 6.43. The zero-order chi connectivity index (χ0) is 12.5. The second-order valence-corrected chi connectivity index (χ2v) is 6.43. The molecule has 2 saturated carbocycles. The van der Waals surface area contributed by atoms with E-state index < -0.39 is 0 Å². The van der Waals surface area contributed by atoms with Crippen molar-refractivity contribution in [2.75, 3.05) is 6.61 Å². The lowest BCUT2D eigenvalue weighted by Crippen LogP contribution is -2.63. The first-order valence-corrected chi connectivity index (χ1v) is 7.47. The van der Waals surface area contributed by atoms with Gasteiger partial charge in [-0.25, -0.2) is 0 Å². The molecule has 2 aliphatic carbocycles. The van der Waals surface area contributed by atoms with Gasteiger partial charge in [-0.1, -0.05) is 33.6 Å². The van der Waals surface area contributed by atoms with Crippen molar-refractivity contribution in [2.24, 2.45) is 11.3 Å². The molecule has 0 saturated heterocycles. The molecule has 100 valence electrons. The topological polar surface area (TPSA) is 21.3 Å². The van der Waals surface area contributed by atoms with Gasteiger partial charge < -0.3 is 10.1 Å². The van der Waals surface area contributed by atoms with Crippen LogP contribution in [0, 0.1) is 11.3 Å². The summed E-state index contributed by atoms with van der Waals surface area (Å²) in [6.07, 6.45) is 7.22. The van der Waals surface area contributed by atoms with Gasteiger partial charge in [0.1, 0.15) is 0 Å². The summed E-state index contributed by atoms with van der Waals surface area (Å²) in [5.41, 5.74) is 0.316. The maximum absolute atomic E-state index is 5.80. The third-order valence-electron chi connectivity index (χ3n) is 5.14. The molecule has 2 rings (SSSR count). The van der Waals surface area contributed by atoms with Gasteiger partial charge in [-0.05, 0) is 32.1 Å². The van der Waals surface area contributed by atoms with Gasteiger partial charge in [0, 0.05) is 24.1 Å². The summed E-state index contributed by atoms with van der Waals surface area (Å²) in [7, 11) is 0. The van der Waals surface area contributed by atoms with Crippen LogP contribution in [0.5, 0.6) is 0 Å². The second kappa shape index (κ2) is 5.27. The van der Waals surface area contributed by atoms with E-state index in [1.54, 1.807) is 0 Å². The minimum absolute atomic E-state index is 0.316. The number of nitrogens with one attached hydrogen (secondary N) is 1. The van der Waals surface area contributed by atoms with E-state index in [1.165, 1.54) is 32.1 Å². The highest BCUT2D eigenvalue weighted by Gasteiger charge is 2.49.